The third-order valence-electron chi connectivity index (χ3n) is 5.79. The predicted octanol–water partition coefficient (Wildman–Crippen LogP) is 3.45. The Morgan fingerprint density at radius 3 is 2.52 bits per heavy atom. The van der Waals surface area contributed by atoms with Gasteiger partial charge < -0.3 is 4.90 Å². The average Bonchev–Trinajstić information content (AvgIpc) is 2.72. The van der Waals surface area contributed by atoms with Crippen LogP contribution in [0.4, 0.5) is 0 Å². The lowest BCUT2D eigenvalue weighted by Crippen LogP contribution is -2.42. The van der Waals surface area contributed by atoms with Crippen molar-refractivity contribution in [2.45, 2.75) is 64.7 Å². The Balaban J connectivity index is 1.56. The summed E-state index contributed by atoms with van der Waals surface area (Å²) in [4.78, 5) is 38.6. The van der Waals surface area contributed by atoms with Crippen LogP contribution in [0.15, 0.2) is 29.4 Å². The summed E-state index contributed by atoms with van der Waals surface area (Å²) in [6, 6.07) is 7.89. The van der Waals surface area contributed by atoms with Crippen molar-refractivity contribution in [3.05, 3.63) is 35.4 Å². The molecule has 0 aliphatic carbocycles. The number of likely N-dealkylation sites (tertiary alicyclic amines) is 1. The van der Waals surface area contributed by atoms with E-state index in [1.54, 1.807) is 0 Å². The zero-order chi connectivity index (χ0) is 21.0. The van der Waals surface area contributed by atoms with Gasteiger partial charge in [-0.1, -0.05) is 45.0 Å². The lowest BCUT2D eigenvalue weighted by molar-refractivity contribution is -0.132. The summed E-state index contributed by atoms with van der Waals surface area (Å²) in [7, 11) is 0. The minimum Gasteiger partial charge on any atom is -0.342 e. The summed E-state index contributed by atoms with van der Waals surface area (Å²) in [5, 5.41) is 4.03. The van der Waals surface area contributed by atoms with E-state index in [0.717, 1.165) is 24.1 Å². The Morgan fingerprint density at radius 2 is 1.90 bits per heavy atom. The molecule has 2 heterocycles. The molecule has 0 bridgehead atoms. The molecule has 6 nitrogen and oxygen atoms in total. The van der Waals surface area contributed by atoms with Crippen LogP contribution in [-0.2, 0) is 15.0 Å². The van der Waals surface area contributed by atoms with Crippen LogP contribution in [0.3, 0.4) is 0 Å². The molecule has 0 aromatic heterocycles. The lowest BCUT2D eigenvalue weighted by atomic mass is 9.85. The number of carbonyl (C=O) groups is 3. The molecule has 1 fully saturated rings. The molecule has 1 N–H and O–H groups in total. The van der Waals surface area contributed by atoms with Crippen molar-refractivity contribution in [2.24, 2.45) is 11.0 Å². The molecule has 1 aromatic carbocycles. The third-order valence-corrected chi connectivity index (χ3v) is 5.79. The van der Waals surface area contributed by atoms with E-state index in [1.807, 2.05) is 29.2 Å². The van der Waals surface area contributed by atoms with Gasteiger partial charge in [-0.05, 0) is 36.7 Å². The number of hydrogen-bond acceptors (Lipinski definition) is 4. The molecule has 156 valence electrons. The zero-order valence-electron chi connectivity index (χ0n) is 17.7. The van der Waals surface area contributed by atoms with E-state index in [4.69, 9.17) is 0 Å². The Bertz CT molecular complexity index is 806. The number of hydrazone groups is 1. The first-order valence-electron chi connectivity index (χ1n) is 10.5. The van der Waals surface area contributed by atoms with Crippen LogP contribution in [0.5, 0.6) is 0 Å². The molecule has 6 heteroatoms. The molecule has 1 saturated heterocycles. The molecule has 3 rings (SSSR count). The predicted molar refractivity (Wildman–Crippen MR) is 113 cm³/mol. The van der Waals surface area contributed by atoms with Crippen LogP contribution in [0.2, 0.25) is 0 Å². The second kappa shape index (κ2) is 8.89. The van der Waals surface area contributed by atoms with E-state index in [-0.39, 0.29) is 28.9 Å². The number of Topliss-reactive ketones (excluding diaryl/α,β-unsaturated/α-hetero) is 1. The van der Waals surface area contributed by atoms with Gasteiger partial charge in [-0.25, -0.2) is 5.43 Å². The molecule has 2 aliphatic rings. The number of carbonyl (C=O) groups excluding carboxylic acids is 3. The number of nitrogens with zero attached hydrogens (tertiary/aromatic N) is 2. The highest BCUT2D eigenvalue weighted by Gasteiger charge is 2.29. The molecule has 1 aromatic rings. The van der Waals surface area contributed by atoms with Crippen LogP contribution in [0, 0.1) is 5.92 Å². The second-order valence-corrected chi connectivity index (χ2v) is 9.08. The zero-order valence-corrected chi connectivity index (χ0v) is 17.7. The maximum Gasteiger partial charge on any atom is 0.240 e. The highest BCUT2D eigenvalue weighted by Crippen LogP contribution is 2.25. The van der Waals surface area contributed by atoms with Gasteiger partial charge in [0.05, 0.1) is 0 Å². The monoisotopic (exact) mass is 397 g/mol. The molecule has 0 spiro atoms. The molecule has 2 aliphatic heterocycles. The summed E-state index contributed by atoms with van der Waals surface area (Å²) in [6.45, 7) is 7.65. The van der Waals surface area contributed by atoms with E-state index in [2.05, 4.69) is 31.3 Å². The van der Waals surface area contributed by atoms with E-state index in [1.165, 1.54) is 5.56 Å². The molecule has 2 amide bonds. The first-order chi connectivity index (χ1) is 13.7. The number of rotatable bonds is 5. The van der Waals surface area contributed by atoms with Crippen molar-refractivity contribution in [1.82, 2.24) is 10.3 Å². The van der Waals surface area contributed by atoms with Gasteiger partial charge in [0.15, 0.2) is 5.78 Å². The highest BCUT2D eigenvalue weighted by molar-refractivity contribution is 5.98. The van der Waals surface area contributed by atoms with Crippen LogP contribution < -0.4 is 5.43 Å². The second-order valence-electron chi connectivity index (χ2n) is 9.08. The molecule has 0 radical (unpaired) electrons. The normalized spacial score (nSPS) is 20.1. The maximum atomic E-state index is 13.0. The number of piperidine rings is 1. The van der Waals surface area contributed by atoms with Gasteiger partial charge in [0, 0.05) is 43.1 Å². The molecule has 0 saturated carbocycles. The minimum atomic E-state index is -0.139. The Kier molecular flexibility index (Phi) is 6.50. The number of ketones is 1. The van der Waals surface area contributed by atoms with Gasteiger partial charge in [0.25, 0.3) is 0 Å². The Hall–Kier alpha value is -2.50. The van der Waals surface area contributed by atoms with Crippen LogP contribution >= 0.6 is 0 Å². The van der Waals surface area contributed by atoms with Crippen LogP contribution in [-0.4, -0.2) is 41.3 Å². The SMILES string of the molecule is CC(C)(C)c1ccc(C(=O)[C@H]2CCCN(C(=O)CCC3=NNC(=O)CC3)C2)cc1. The Morgan fingerprint density at radius 1 is 1.17 bits per heavy atom. The number of hydrogen-bond donors (Lipinski definition) is 1. The molecule has 29 heavy (non-hydrogen) atoms. The van der Waals surface area contributed by atoms with E-state index < -0.39 is 0 Å². The standard InChI is InChI=1S/C23H31N3O3/c1-23(2,3)18-8-6-16(7-9-18)22(29)17-5-4-14-26(15-17)21(28)13-11-19-10-12-20(27)25-24-19/h6-9,17H,4-5,10-15H2,1-3H3,(H,25,27)/t17-/m0/s1. The summed E-state index contributed by atoms with van der Waals surface area (Å²) in [5.41, 5.74) is 5.32. The van der Waals surface area contributed by atoms with Gasteiger partial charge in [0.1, 0.15) is 0 Å². The third kappa shape index (κ3) is 5.52. The van der Waals surface area contributed by atoms with Crippen molar-refractivity contribution in [3.63, 3.8) is 0 Å². The lowest BCUT2D eigenvalue weighted by Gasteiger charge is -2.32. The van der Waals surface area contributed by atoms with E-state index in [9.17, 15) is 14.4 Å². The quantitative estimate of drug-likeness (QED) is 0.773. The average molecular weight is 398 g/mol. The largest absolute Gasteiger partial charge is 0.342 e. The summed E-state index contributed by atoms with van der Waals surface area (Å²) < 4.78 is 0. The topological polar surface area (TPSA) is 78.8 Å². The fourth-order valence-electron chi connectivity index (χ4n) is 3.89. The van der Waals surface area contributed by atoms with Crippen LogP contribution in [0.1, 0.15) is 75.2 Å². The first kappa shape index (κ1) is 21.2. The van der Waals surface area contributed by atoms with Crippen LogP contribution in [0.25, 0.3) is 0 Å². The molecule has 0 unspecified atom stereocenters. The van der Waals surface area contributed by atoms with Gasteiger partial charge in [-0.2, -0.15) is 5.10 Å². The first-order valence-corrected chi connectivity index (χ1v) is 10.5. The highest BCUT2D eigenvalue weighted by atomic mass is 16.2. The van der Waals surface area contributed by atoms with Gasteiger partial charge in [-0.15, -0.1) is 0 Å². The van der Waals surface area contributed by atoms with Crippen molar-refractivity contribution in [2.75, 3.05) is 13.1 Å². The van der Waals surface area contributed by atoms with Crippen molar-refractivity contribution in [3.8, 4) is 0 Å². The minimum absolute atomic E-state index is 0.0566. The van der Waals surface area contributed by atoms with E-state index >= 15 is 0 Å². The fourth-order valence-corrected chi connectivity index (χ4v) is 3.89. The van der Waals surface area contributed by atoms with Gasteiger partial charge in [0.2, 0.25) is 11.8 Å². The van der Waals surface area contributed by atoms with Crippen molar-refractivity contribution < 1.29 is 14.4 Å². The fraction of sp³-hybridized carbons (Fsp3) is 0.565. The molecular weight excluding hydrogens is 366 g/mol. The number of amides is 2. The van der Waals surface area contributed by atoms with Crippen molar-refractivity contribution in [1.29, 1.82) is 0 Å². The van der Waals surface area contributed by atoms with Gasteiger partial charge >= 0.3 is 0 Å². The van der Waals surface area contributed by atoms with Crippen molar-refractivity contribution >= 4 is 23.3 Å². The molecular formula is C23H31N3O3. The van der Waals surface area contributed by atoms with Gasteiger partial charge in [-0.3, -0.25) is 14.4 Å². The maximum absolute atomic E-state index is 13.0. The van der Waals surface area contributed by atoms with E-state index in [0.29, 0.717) is 38.8 Å². The molecule has 1 atom stereocenters. The number of benzene rings is 1. The number of nitrogens with one attached hydrogen (secondary N) is 1. The summed E-state index contributed by atoms with van der Waals surface area (Å²) in [6.07, 6.45) is 3.64. The summed E-state index contributed by atoms with van der Waals surface area (Å²) >= 11 is 0. The summed E-state index contributed by atoms with van der Waals surface area (Å²) in [5.74, 6) is -0.0278. The Labute approximate surface area is 172 Å². The smallest absolute Gasteiger partial charge is 0.240 e.